The van der Waals surface area contributed by atoms with Crippen LogP contribution in [0.25, 0.3) is 0 Å². The van der Waals surface area contributed by atoms with Crippen molar-refractivity contribution < 1.29 is 22.3 Å². The molecule has 1 saturated heterocycles. The maximum atomic E-state index is 14.6. The summed E-state index contributed by atoms with van der Waals surface area (Å²) in [7, 11) is -3.87. The molecule has 162 valence electrons. The second-order valence-electron chi connectivity index (χ2n) is 6.94. The van der Waals surface area contributed by atoms with Crippen LogP contribution in [0.1, 0.15) is 21.5 Å². The van der Waals surface area contributed by atoms with Crippen LogP contribution in [0.15, 0.2) is 60.0 Å². The first kappa shape index (κ1) is 22.6. The van der Waals surface area contributed by atoms with Gasteiger partial charge in [0.15, 0.2) is 0 Å². The summed E-state index contributed by atoms with van der Waals surface area (Å²) >= 11 is 0. The predicted molar refractivity (Wildman–Crippen MR) is 112 cm³/mol. The summed E-state index contributed by atoms with van der Waals surface area (Å²) in [6, 6.07) is 11.9. The van der Waals surface area contributed by atoms with Crippen molar-refractivity contribution in [3.8, 4) is 6.07 Å². The van der Waals surface area contributed by atoms with E-state index in [0.29, 0.717) is 5.56 Å². The molecule has 9 heteroatoms. The molecule has 1 fully saturated rings. The van der Waals surface area contributed by atoms with Crippen LogP contribution >= 0.6 is 0 Å². The van der Waals surface area contributed by atoms with Gasteiger partial charge >= 0.3 is 0 Å². The summed E-state index contributed by atoms with van der Waals surface area (Å²) in [4.78, 5) is 14.3. The van der Waals surface area contributed by atoms with Crippen LogP contribution in [-0.2, 0) is 21.3 Å². The maximum Gasteiger partial charge on any atom is 0.257 e. The number of halogens is 1. The van der Waals surface area contributed by atoms with E-state index in [4.69, 9.17) is 10.00 Å². The average molecular weight is 444 g/mol. The summed E-state index contributed by atoms with van der Waals surface area (Å²) in [6.45, 7) is 4.89. The summed E-state index contributed by atoms with van der Waals surface area (Å²) in [5.74, 6) is -1.46. The van der Waals surface area contributed by atoms with Crippen molar-refractivity contribution in [1.29, 1.82) is 5.26 Å². The molecule has 0 aromatic heterocycles. The highest BCUT2D eigenvalue weighted by Gasteiger charge is 2.28. The monoisotopic (exact) mass is 443 g/mol. The highest BCUT2D eigenvalue weighted by molar-refractivity contribution is 7.89. The maximum absolute atomic E-state index is 14.6. The van der Waals surface area contributed by atoms with E-state index in [1.807, 2.05) is 6.07 Å². The van der Waals surface area contributed by atoms with E-state index in [9.17, 15) is 17.6 Å². The molecular formula is C22H22FN3O4S. The van der Waals surface area contributed by atoms with E-state index in [1.165, 1.54) is 15.3 Å². The number of ether oxygens (including phenoxy) is 1. The normalized spacial score (nSPS) is 14.6. The molecule has 0 radical (unpaired) electrons. The Hall–Kier alpha value is -3.06. The van der Waals surface area contributed by atoms with E-state index in [2.05, 4.69) is 6.58 Å². The van der Waals surface area contributed by atoms with E-state index in [-0.39, 0.29) is 49.9 Å². The number of benzene rings is 2. The first-order valence-corrected chi connectivity index (χ1v) is 11.1. The number of hydrogen-bond acceptors (Lipinski definition) is 5. The number of carbonyl (C=O) groups excluding carboxylic acids is 1. The summed E-state index contributed by atoms with van der Waals surface area (Å²) in [5, 5.41) is 8.92. The summed E-state index contributed by atoms with van der Waals surface area (Å²) in [6.07, 6.45) is 1.51. The van der Waals surface area contributed by atoms with E-state index in [1.54, 1.807) is 24.3 Å². The quantitative estimate of drug-likeness (QED) is 0.614. The number of hydrogen-bond donors (Lipinski definition) is 0. The third-order valence-corrected chi connectivity index (χ3v) is 6.76. The molecule has 7 nitrogen and oxygen atoms in total. The summed E-state index contributed by atoms with van der Waals surface area (Å²) in [5.41, 5.74) is 0.897. The van der Waals surface area contributed by atoms with Gasteiger partial charge in [0.25, 0.3) is 5.91 Å². The van der Waals surface area contributed by atoms with Gasteiger partial charge in [-0.15, -0.1) is 6.58 Å². The van der Waals surface area contributed by atoms with Crippen LogP contribution in [0, 0.1) is 17.1 Å². The number of carbonyl (C=O) groups is 1. The minimum Gasteiger partial charge on any atom is -0.379 e. The van der Waals surface area contributed by atoms with Gasteiger partial charge in [-0.1, -0.05) is 18.2 Å². The number of nitriles is 1. The van der Waals surface area contributed by atoms with Crippen LogP contribution in [0.3, 0.4) is 0 Å². The Morgan fingerprint density at radius 3 is 2.52 bits per heavy atom. The van der Waals surface area contributed by atoms with Crippen molar-refractivity contribution in [1.82, 2.24) is 9.21 Å². The largest absolute Gasteiger partial charge is 0.379 e. The zero-order chi connectivity index (χ0) is 22.4. The first-order valence-electron chi connectivity index (χ1n) is 9.63. The molecule has 3 rings (SSSR count). The molecule has 0 atom stereocenters. The van der Waals surface area contributed by atoms with E-state index in [0.717, 1.165) is 23.8 Å². The Balaban J connectivity index is 1.89. The molecule has 0 unspecified atom stereocenters. The molecule has 0 bridgehead atoms. The van der Waals surface area contributed by atoms with Gasteiger partial charge in [0.2, 0.25) is 10.0 Å². The second kappa shape index (κ2) is 9.83. The molecular weight excluding hydrogens is 421 g/mol. The predicted octanol–water partition coefficient (Wildman–Crippen LogP) is 2.55. The number of rotatable bonds is 7. The third kappa shape index (κ3) is 5.17. The van der Waals surface area contributed by atoms with E-state index < -0.39 is 21.7 Å². The van der Waals surface area contributed by atoms with Gasteiger partial charge in [-0.05, 0) is 35.9 Å². The fourth-order valence-corrected chi connectivity index (χ4v) is 4.65. The van der Waals surface area contributed by atoms with Gasteiger partial charge in [0, 0.05) is 26.2 Å². The molecule has 0 spiro atoms. The molecule has 1 aliphatic rings. The van der Waals surface area contributed by atoms with Crippen molar-refractivity contribution in [3.63, 3.8) is 0 Å². The van der Waals surface area contributed by atoms with Crippen molar-refractivity contribution in [3.05, 3.63) is 77.6 Å². The lowest BCUT2D eigenvalue weighted by Gasteiger charge is -2.26. The Morgan fingerprint density at radius 2 is 1.90 bits per heavy atom. The standard InChI is InChI=1S/C22H22FN3O4S/c1-2-9-25(16-18-5-3-17(15-24)4-6-18)22(27)20-14-19(7-8-21(20)23)31(28,29)26-10-12-30-13-11-26/h2-8,14H,1,9-13,16H2. The summed E-state index contributed by atoms with van der Waals surface area (Å²) < 4.78 is 46.8. The lowest BCUT2D eigenvalue weighted by Crippen LogP contribution is -2.40. The second-order valence-corrected chi connectivity index (χ2v) is 8.88. The van der Waals surface area contributed by atoms with E-state index >= 15 is 0 Å². The Kier molecular flexibility index (Phi) is 7.17. The topological polar surface area (TPSA) is 90.7 Å². The van der Waals surface area contributed by atoms with Gasteiger partial charge in [0.1, 0.15) is 5.82 Å². The van der Waals surface area contributed by atoms with Crippen LogP contribution in [0.5, 0.6) is 0 Å². The lowest BCUT2D eigenvalue weighted by atomic mass is 10.1. The Bertz CT molecular complexity index is 1100. The van der Waals surface area contributed by atoms with Crippen molar-refractivity contribution >= 4 is 15.9 Å². The van der Waals surface area contributed by atoms with Crippen LogP contribution in [-0.4, -0.2) is 56.4 Å². The minimum atomic E-state index is -3.87. The van der Waals surface area contributed by atoms with Crippen molar-refractivity contribution in [2.24, 2.45) is 0 Å². The van der Waals surface area contributed by atoms with Crippen LogP contribution in [0.4, 0.5) is 4.39 Å². The molecule has 1 heterocycles. The van der Waals surface area contributed by atoms with Crippen LogP contribution in [0.2, 0.25) is 0 Å². The minimum absolute atomic E-state index is 0.138. The van der Waals surface area contributed by atoms with Gasteiger partial charge in [-0.25, -0.2) is 12.8 Å². The molecule has 0 aliphatic carbocycles. The highest BCUT2D eigenvalue weighted by atomic mass is 32.2. The smallest absolute Gasteiger partial charge is 0.257 e. The molecule has 31 heavy (non-hydrogen) atoms. The van der Waals surface area contributed by atoms with Crippen LogP contribution < -0.4 is 0 Å². The fourth-order valence-electron chi connectivity index (χ4n) is 3.22. The molecule has 0 N–H and O–H groups in total. The van der Waals surface area contributed by atoms with Crippen molar-refractivity contribution in [2.45, 2.75) is 11.4 Å². The molecule has 0 saturated carbocycles. The Labute approximate surface area is 181 Å². The molecule has 2 aromatic carbocycles. The SMILES string of the molecule is C=CCN(Cc1ccc(C#N)cc1)C(=O)c1cc(S(=O)(=O)N2CCOCC2)ccc1F. The molecule has 2 aromatic rings. The first-order chi connectivity index (χ1) is 14.9. The van der Waals surface area contributed by atoms with Gasteiger partial charge < -0.3 is 9.64 Å². The third-order valence-electron chi connectivity index (χ3n) is 4.87. The van der Waals surface area contributed by atoms with Crippen molar-refractivity contribution in [2.75, 3.05) is 32.8 Å². The molecule has 1 amide bonds. The zero-order valence-corrected chi connectivity index (χ0v) is 17.6. The van der Waals surface area contributed by atoms with Gasteiger partial charge in [-0.2, -0.15) is 9.57 Å². The van der Waals surface area contributed by atoms with Gasteiger partial charge in [-0.3, -0.25) is 4.79 Å². The van der Waals surface area contributed by atoms with Gasteiger partial charge in [0.05, 0.1) is 35.3 Å². The number of nitrogens with zero attached hydrogens (tertiary/aromatic N) is 3. The number of amides is 1. The molecule has 1 aliphatic heterocycles. The number of morpholine rings is 1. The number of sulfonamides is 1. The highest BCUT2D eigenvalue weighted by Crippen LogP contribution is 2.22. The zero-order valence-electron chi connectivity index (χ0n) is 16.8. The fraction of sp³-hybridized carbons (Fsp3) is 0.273. The lowest BCUT2D eigenvalue weighted by molar-refractivity contribution is 0.0729. The Morgan fingerprint density at radius 1 is 1.23 bits per heavy atom. The average Bonchev–Trinajstić information content (AvgIpc) is 2.79.